The number of fused-ring (bicyclic) bond motifs is 1. The number of pyridine rings is 1. The van der Waals surface area contributed by atoms with Crippen molar-refractivity contribution in [1.82, 2.24) is 9.38 Å². The second-order valence-electron chi connectivity index (χ2n) is 5.63. The summed E-state index contributed by atoms with van der Waals surface area (Å²) in [6.07, 6.45) is 4.58. The Labute approximate surface area is 119 Å². The van der Waals surface area contributed by atoms with Crippen molar-refractivity contribution in [1.29, 1.82) is 0 Å². The van der Waals surface area contributed by atoms with Crippen molar-refractivity contribution in [2.24, 2.45) is 5.92 Å². The fourth-order valence-corrected chi connectivity index (χ4v) is 3.22. The van der Waals surface area contributed by atoms with Crippen LogP contribution >= 0.6 is 11.6 Å². The third-order valence-electron chi connectivity index (χ3n) is 4.12. The minimum atomic E-state index is 0.498. The van der Waals surface area contributed by atoms with Crippen molar-refractivity contribution < 1.29 is 0 Å². The van der Waals surface area contributed by atoms with Crippen molar-refractivity contribution >= 4 is 23.1 Å². The van der Waals surface area contributed by atoms with E-state index in [1.165, 1.54) is 12.8 Å². The number of piperidine rings is 1. The van der Waals surface area contributed by atoms with E-state index < -0.39 is 0 Å². The van der Waals surface area contributed by atoms with E-state index in [0.29, 0.717) is 11.9 Å². The van der Waals surface area contributed by atoms with E-state index in [9.17, 15) is 0 Å². The van der Waals surface area contributed by atoms with Crippen LogP contribution in [0.3, 0.4) is 0 Å². The van der Waals surface area contributed by atoms with Gasteiger partial charge in [-0.1, -0.05) is 13.0 Å². The van der Waals surface area contributed by atoms with Crippen LogP contribution in [0, 0.1) is 5.92 Å². The van der Waals surface area contributed by atoms with E-state index in [0.717, 1.165) is 29.6 Å². The number of halogens is 1. The molecule has 0 N–H and O–H groups in total. The van der Waals surface area contributed by atoms with Crippen LogP contribution in [0.15, 0.2) is 24.4 Å². The van der Waals surface area contributed by atoms with Crippen LogP contribution in [0.5, 0.6) is 0 Å². The molecule has 0 spiro atoms. The first-order valence-corrected chi connectivity index (χ1v) is 7.52. The zero-order valence-electron chi connectivity index (χ0n) is 11.5. The summed E-state index contributed by atoms with van der Waals surface area (Å²) >= 11 is 6.17. The molecule has 2 atom stereocenters. The summed E-state index contributed by atoms with van der Waals surface area (Å²) in [5.41, 5.74) is 2.09. The maximum absolute atomic E-state index is 6.17. The minimum absolute atomic E-state index is 0.498. The van der Waals surface area contributed by atoms with E-state index in [4.69, 9.17) is 16.6 Å². The molecule has 0 bridgehead atoms. The van der Waals surface area contributed by atoms with Crippen LogP contribution in [-0.4, -0.2) is 22.0 Å². The highest BCUT2D eigenvalue weighted by Crippen LogP contribution is 2.30. The maximum atomic E-state index is 6.17. The molecular formula is C15H20ClN3. The van der Waals surface area contributed by atoms with Crippen LogP contribution in [0.2, 0.25) is 0 Å². The zero-order valence-corrected chi connectivity index (χ0v) is 12.3. The third kappa shape index (κ3) is 2.20. The van der Waals surface area contributed by atoms with E-state index in [1.54, 1.807) is 0 Å². The Kier molecular flexibility index (Phi) is 3.40. The predicted molar refractivity (Wildman–Crippen MR) is 80.0 cm³/mol. The highest BCUT2D eigenvalue weighted by atomic mass is 35.5. The molecule has 19 heavy (non-hydrogen) atoms. The summed E-state index contributed by atoms with van der Waals surface area (Å²) in [5.74, 6) is 2.29. The molecule has 1 aliphatic heterocycles. The summed E-state index contributed by atoms with van der Waals surface area (Å²) < 4.78 is 2.11. The fourth-order valence-electron chi connectivity index (χ4n) is 2.97. The molecule has 3 rings (SSSR count). The molecule has 3 heterocycles. The molecule has 3 nitrogen and oxygen atoms in total. The van der Waals surface area contributed by atoms with Gasteiger partial charge in [-0.15, -0.1) is 11.6 Å². The molecule has 2 unspecified atom stereocenters. The molecule has 102 valence electrons. The molecule has 2 aromatic heterocycles. The lowest BCUT2D eigenvalue weighted by Crippen LogP contribution is -2.41. The number of rotatable bonds is 2. The highest BCUT2D eigenvalue weighted by molar-refractivity contribution is 6.17. The second-order valence-corrected chi connectivity index (χ2v) is 5.90. The molecule has 0 amide bonds. The number of hydrogen-bond donors (Lipinski definition) is 0. The SMILES string of the molecule is CC1CCC(C)N(c2nc3ccccn3c2CCl)C1. The molecule has 1 aliphatic rings. The number of anilines is 1. The van der Waals surface area contributed by atoms with Gasteiger partial charge in [-0.2, -0.15) is 0 Å². The third-order valence-corrected chi connectivity index (χ3v) is 4.38. The van der Waals surface area contributed by atoms with E-state index in [1.807, 2.05) is 24.4 Å². The van der Waals surface area contributed by atoms with E-state index >= 15 is 0 Å². The molecule has 1 fully saturated rings. The molecule has 0 saturated carbocycles. The number of imidazole rings is 1. The van der Waals surface area contributed by atoms with Crippen LogP contribution < -0.4 is 4.90 Å². The predicted octanol–water partition coefficient (Wildman–Crippen LogP) is 3.70. The van der Waals surface area contributed by atoms with Gasteiger partial charge in [0.15, 0.2) is 5.82 Å². The first-order chi connectivity index (χ1) is 9.20. The average Bonchev–Trinajstić information content (AvgIpc) is 2.79. The molecule has 1 saturated heterocycles. The zero-order chi connectivity index (χ0) is 13.4. The first-order valence-electron chi connectivity index (χ1n) is 6.99. The average molecular weight is 278 g/mol. The smallest absolute Gasteiger partial charge is 0.152 e. The van der Waals surface area contributed by atoms with Gasteiger partial charge >= 0.3 is 0 Å². The summed E-state index contributed by atoms with van der Waals surface area (Å²) in [6.45, 7) is 5.68. The normalized spacial score (nSPS) is 24.1. The van der Waals surface area contributed by atoms with Crippen molar-refractivity contribution in [3.63, 3.8) is 0 Å². The Hall–Kier alpha value is -1.22. The second kappa shape index (κ2) is 5.04. The fraction of sp³-hybridized carbons (Fsp3) is 0.533. The summed E-state index contributed by atoms with van der Waals surface area (Å²) in [7, 11) is 0. The standard InChI is InChI=1S/C15H20ClN3/c1-11-6-7-12(2)19(10-11)15-13(9-16)18-8-4-3-5-14(18)17-15/h3-5,8,11-12H,6-7,9-10H2,1-2H3. The van der Waals surface area contributed by atoms with Gasteiger partial charge in [-0.3, -0.25) is 0 Å². The minimum Gasteiger partial charge on any atom is -0.352 e. The van der Waals surface area contributed by atoms with Gasteiger partial charge in [0, 0.05) is 18.8 Å². The van der Waals surface area contributed by atoms with E-state index in [2.05, 4.69) is 23.1 Å². The Balaban J connectivity index is 2.08. The Morgan fingerprint density at radius 1 is 1.32 bits per heavy atom. The number of nitrogens with zero attached hydrogens (tertiary/aromatic N) is 3. The number of aromatic nitrogens is 2. The Morgan fingerprint density at radius 3 is 2.95 bits per heavy atom. The number of hydrogen-bond acceptors (Lipinski definition) is 2. The maximum Gasteiger partial charge on any atom is 0.152 e. The lowest BCUT2D eigenvalue weighted by Gasteiger charge is -2.37. The molecule has 0 radical (unpaired) electrons. The van der Waals surface area contributed by atoms with Crippen molar-refractivity contribution in [3.8, 4) is 0 Å². The van der Waals surface area contributed by atoms with Gasteiger partial charge in [-0.25, -0.2) is 4.98 Å². The van der Waals surface area contributed by atoms with Crippen LogP contribution in [-0.2, 0) is 5.88 Å². The molecule has 0 aliphatic carbocycles. The van der Waals surface area contributed by atoms with Gasteiger partial charge in [0.05, 0.1) is 11.6 Å². The Morgan fingerprint density at radius 2 is 2.16 bits per heavy atom. The highest BCUT2D eigenvalue weighted by Gasteiger charge is 2.27. The van der Waals surface area contributed by atoms with Crippen molar-refractivity contribution in [2.45, 2.75) is 38.6 Å². The van der Waals surface area contributed by atoms with E-state index in [-0.39, 0.29) is 0 Å². The van der Waals surface area contributed by atoms with Gasteiger partial charge in [0.1, 0.15) is 5.65 Å². The van der Waals surface area contributed by atoms with Gasteiger partial charge < -0.3 is 9.30 Å². The van der Waals surface area contributed by atoms with Gasteiger partial charge in [0.2, 0.25) is 0 Å². The van der Waals surface area contributed by atoms with Crippen molar-refractivity contribution in [2.75, 3.05) is 11.4 Å². The number of alkyl halides is 1. The summed E-state index contributed by atoms with van der Waals surface area (Å²) in [4.78, 5) is 7.23. The van der Waals surface area contributed by atoms with Crippen molar-refractivity contribution in [3.05, 3.63) is 30.1 Å². The topological polar surface area (TPSA) is 20.5 Å². The van der Waals surface area contributed by atoms with Crippen LogP contribution in [0.1, 0.15) is 32.4 Å². The quantitative estimate of drug-likeness (QED) is 0.780. The van der Waals surface area contributed by atoms with Crippen LogP contribution in [0.25, 0.3) is 5.65 Å². The summed E-state index contributed by atoms with van der Waals surface area (Å²) in [5, 5.41) is 0. The molecular weight excluding hydrogens is 258 g/mol. The lowest BCUT2D eigenvalue weighted by atomic mass is 9.95. The Bertz CT molecular complexity index is 578. The first kappa shape index (κ1) is 12.8. The molecule has 4 heteroatoms. The lowest BCUT2D eigenvalue weighted by molar-refractivity contribution is 0.388. The van der Waals surface area contributed by atoms with Crippen LogP contribution in [0.4, 0.5) is 5.82 Å². The van der Waals surface area contributed by atoms with Gasteiger partial charge in [-0.05, 0) is 37.8 Å². The largest absolute Gasteiger partial charge is 0.352 e. The summed E-state index contributed by atoms with van der Waals surface area (Å²) in [6, 6.07) is 6.63. The van der Waals surface area contributed by atoms with Gasteiger partial charge in [0.25, 0.3) is 0 Å². The molecule has 0 aromatic carbocycles. The molecule has 2 aromatic rings. The monoisotopic (exact) mass is 277 g/mol.